The third-order valence-electron chi connectivity index (χ3n) is 3.80. The van der Waals surface area contributed by atoms with E-state index in [9.17, 15) is 13.2 Å². The minimum Gasteiger partial charge on any atom is -0.337 e. The minimum absolute atomic E-state index is 0.0782. The molecule has 0 unspecified atom stereocenters. The first-order valence-corrected chi connectivity index (χ1v) is 9.71. The fourth-order valence-corrected chi connectivity index (χ4v) is 3.69. The highest BCUT2D eigenvalue weighted by molar-refractivity contribution is 7.89. The van der Waals surface area contributed by atoms with Gasteiger partial charge in [-0.1, -0.05) is 42.8 Å². The molecule has 0 aliphatic carbocycles. The number of nitrogens with one attached hydrogen (secondary N) is 1. The molecule has 0 spiro atoms. The first-order chi connectivity index (χ1) is 11.8. The van der Waals surface area contributed by atoms with Crippen LogP contribution in [0, 0.1) is 6.92 Å². The number of hydrogen-bond donors (Lipinski definition) is 1. The van der Waals surface area contributed by atoms with Gasteiger partial charge >= 0.3 is 0 Å². The number of carbonyl (C=O) groups excluding carboxylic acids is 1. The highest BCUT2D eigenvalue weighted by atomic mass is 35.5. The van der Waals surface area contributed by atoms with Crippen molar-refractivity contribution in [1.82, 2.24) is 9.62 Å². The Labute approximate surface area is 153 Å². The smallest absolute Gasteiger partial charge is 0.254 e. The normalized spacial score (nSPS) is 11.4. The predicted octanol–water partition coefficient (Wildman–Crippen LogP) is 3.22. The van der Waals surface area contributed by atoms with Crippen LogP contribution in [0.5, 0.6) is 0 Å². The number of amides is 1. The van der Waals surface area contributed by atoms with Gasteiger partial charge in [0.15, 0.2) is 0 Å². The number of aryl methyl sites for hydroxylation is 1. The third kappa shape index (κ3) is 4.60. The number of benzene rings is 2. The summed E-state index contributed by atoms with van der Waals surface area (Å²) in [6.07, 6.45) is 0. The maximum atomic E-state index is 12.8. The number of rotatable bonds is 6. The maximum absolute atomic E-state index is 12.8. The summed E-state index contributed by atoms with van der Waals surface area (Å²) >= 11 is 6.14. The summed E-state index contributed by atoms with van der Waals surface area (Å²) in [5.41, 5.74) is 1.90. The van der Waals surface area contributed by atoms with Crippen molar-refractivity contribution in [3.8, 4) is 0 Å². The molecular weight excluding hydrogens is 360 g/mol. The maximum Gasteiger partial charge on any atom is 0.254 e. The van der Waals surface area contributed by atoms with Crippen LogP contribution < -0.4 is 4.72 Å². The summed E-state index contributed by atoms with van der Waals surface area (Å²) in [6, 6.07) is 11.9. The second kappa shape index (κ2) is 7.99. The van der Waals surface area contributed by atoms with E-state index in [2.05, 4.69) is 4.72 Å². The monoisotopic (exact) mass is 380 g/mol. The average Bonchev–Trinajstić information content (AvgIpc) is 2.56. The summed E-state index contributed by atoms with van der Waals surface area (Å²) in [6.45, 7) is 4.10. The molecule has 0 aliphatic rings. The molecule has 0 fully saturated rings. The lowest BCUT2D eigenvalue weighted by molar-refractivity contribution is 0.0784. The van der Waals surface area contributed by atoms with Crippen molar-refractivity contribution in [2.45, 2.75) is 25.3 Å². The first kappa shape index (κ1) is 19.4. The van der Waals surface area contributed by atoms with Gasteiger partial charge in [0.1, 0.15) is 0 Å². The average molecular weight is 381 g/mol. The molecule has 0 saturated heterocycles. The van der Waals surface area contributed by atoms with E-state index in [0.717, 1.165) is 5.56 Å². The van der Waals surface area contributed by atoms with Crippen LogP contribution in [0.25, 0.3) is 0 Å². The van der Waals surface area contributed by atoms with E-state index < -0.39 is 10.0 Å². The fourth-order valence-electron chi connectivity index (χ4n) is 2.43. The quantitative estimate of drug-likeness (QED) is 0.836. The zero-order chi connectivity index (χ0) is 18.6. The molecular formula is C18H21ClN2O3S. The van der Waals surface area contributed by atoms with Crippen molar-refractivity contribution in [3.63, 3.8) is 0 Å². The summed E-state index contributed by atoms with van der Waals surface area (Å²) in [5.74, 6) is -0.258. The largest absolute Gasteiger partial charge is 0.337 e. The van der Waals surface area contributed by atoms with Crippen molar-refractivity contribution >= 4 is 27.5 Å². The topological polar surface area (TPSA) is 66.5 Å². The van der Waals surface area contributed by atoms with Crippen LogP contribution in [-0.4, -0.2) is 32.8 Å². The second-order valence-corrected chi connectivity index (χ2v) is 7.90. The summed E-state index contributed by atoms with van der Waals surface area (Å²) < 4.78 is 26.8. The van der Waals surface area contributed by atoms with Gasteiger partial charge in [0.2, 0.25) is 10.0 Å². The molecule has 0 aliphatic heterocycles. The van der Waals surface area contributed by atoms with Gasteiger partial charge in [-0.15, -0.1) is 0 Å². The minimum atomic E-state index is -3.62. The zero-order valence-electron chi connectivity index (χ0n) is 14.4. The van der Waals surface area contributed by atoms with E-state index in [0.29, 0.717) is 22.7 Å². The lowest BCUT2D eigenvalue weighted by Gasteiger charge is -2.19. The molecule has 0 aromatic heterocycles. The molecule has 1 N–H and O–H groups in total. The number of nitrogens with zero attached hydrogens (tertiary/aromatic N) is 1. The van der Waals surface area contributed by atoms with E-state index >= 15 is 0 Å². The van der Waals surface area contributed by atoms with E-state index in [1.54, 1.807) is 33.0 Å². The summed E-state index contributed by atoms with van der Waals surface area (Å²) in [7, 11) is -1.95. The number of halogens is 1. The van der Waals surface area contributed by atoms with Crippen LogP contribution in [0.4, 0.5) is 0 Å². The van der Waals surface area contributed by atoms with Gasteiger partial charge in [-0.25, -0.2) is 13.1 Å². The highest BCUT2D eigenvalue weighted by Gasteiger charge is 2.20. The van der Waals surface area contributed by atoms with E-state index in [4.69, 9.17) is 11.6 Å². The zero-order valence-corrected chi connectivity index (χ0v) is 16.0. The van der Waals surface area contributed by atoms with Gasteiger partial charge in [0, 0.05) is 30.7 Å². The molecule has 2 aromatic carbocycles. The summed E-state index contributed by atoms with van der Waals surface area (Å²) in [5, 5.41) is 0.586. The Hall–Kier alpha value is -1.89. The van der Waals surface area contributed by atoms with Crippen LogP contribution in [-0.2, 0) is 16.6 Å². The molecule has 1 amide bonds. The van der Waals surface area contributed by atoms with Crippen molar-refractivity contribution in [1.29, 1.82) is 0 Å². The van der Waals surface area contributed by atoms with Gasteiger partial charge in [0.25, 0.3) is 5.91 Å². The second-order valence-electron chi connectivity index (χ2n) is 5.73. The Morgan fingerprint density at radius 2 is 1.88 bits per heavy atom. The highest BCUT2D eigenvalue weighted by Crippen LogP contribution is 2.20. The molecule has 7 heteroatoms. The first-order valence-electron chi connectivity index (χ1n) is 7.85. The Morgan fingerprint density at radius 1 is 1.20 bits per heavy atom. The Balaban J connectivity index is 2.31. The molecule has 2 rings (SSSR count). The van der Waals surface area contributed by atoms with E-state index in [1.807, 2.05) is 18.2 Å². The number of hydrogen-bond acceptors (Lipinski definition) is 3. The van der Waals surface area contributed by atoms with Crippen molar-refractivity contribution in [2.24, 2.45) is 0 Å². The van der Waals surface area contributed by atoms with Gasteiger partial charge in [-0.05, 0) is 36.2 Å². The van der Waals surface area contributed by atoms with Gasteiger partial charge in [-0.3, -0.25) is 4.79 Å². The molecule has 0 atom stereocenters. The Kier molecular flexibility index (Phi) is 6.21. The van der Waals surface area contributed by atoms with Crippen molar-refractivity contribution in [3.05, 3.63) is 64.2 Å². The van der Waals surface area contributed by atoms with Gasteiger partial charge in [0.05, 0.1) is 4.90 Å². The summed E-state index contributed by atoms with van der Waals surface area (Å²) in [4.78, 5) is 14.4. The van der Waals surface area contributed by atoms with Crippen LogP contribution in [0.3, 0.4) is 0 Å². The molecule has 0 bridgehead atoms. The van der Waals surface area contributed by atoms with Crippen LogP contribution in [0.1, 0.15) is 28.4 Å². The molecule has 5 nitrogen and oxygen atoms in total. The molecule has 0 saturated carbocycles. The lowest BCUT2D eigenvalue weighted by Crippen LogP contribution is -2.28. The third-order valence-corrected chi connectivity index (χ3v) is 5.71. The van der Waals surface area contributed by atoms with Crippen molar-refractivity contribution in [2.75, 3.05) is 13.6 Å². The molecule has 0 radical (unpaired) electrons. The van der Waals surface area contributed by atoms with Crippen LogP contribution in [0.15, 0.2) is 47.4 Å². The molecule has 0 heterocycles. The van der Waals surface area contributed by atoms with Gasteiger partial charge < -0.3 is 4.90 Å². The molecule has 25 heavy (non-hydrogen) atoms. The molecule has 2 aromatic rings. The van der Waals surface area contributed by atoms with Gasteiger partial charge in [-0.2, -0.15) is 0 Å². The Bertz CT molecular complexity index is 882. The number of carbonyl (C=O) groups is 1. The fraction of sp³-hybridized carbons (Fsp3) is 0.278. The van der Waals surface area contributed by atoms with Crippen LogP contribution >= 0.6 is 11.6 Å². The Morgan fingerprint density at radius 3 is 2.52 bits per heavy atom. The van der Waals surface area contributed by atoms with E-state index in [-0.39, 0.29) is 17.3 Å². The molecule has 134 valence electrons. The van der Waals surface area contributed by atoms with Crippen LogP contribution in [0.2, 0.25) is 5.02 Å². The van der Waals surface area contributed by atoms with Crippen molar-refractivity contribution < 1.29 is 13.2 Å². The standard InChI is InChI=1S/C18H21ClN2O3S/c1-4-20-25(23,24)15-10-9-13(2)16(11-15)18(22)21(3)12-14-7-5-6-8-17(14)19/h5-11,20H,4,12H2,1-3H3. The predicted molar refractivity (Wildman–Crippen MR) is 99.3 cm³/mol. The SMILES string of the molecule is CCNS(=O)(=O)c1ccc(C)c(C(=O)N(C)Cc2ccccc2Cl)c1. The lowest BCUT2D eigenvalue weighted by atomic mass is 10.1. The number of sulfonamides is 1. The van der Waals surface area contributed by atoms with E-state index in [1.165, 1.54) is 17.0 Å².